The molecule has 20 heavy (non-hydrogen) atoms. The minimum Gasteiger partial charge on any atom is -0.384 e. The van der Waals surface area contributed by atoms with Crippen LogP contribution in [-0.2, 0) is 4.79 Å². The average Bonchev–Trinajstić information content (AvgIpc) is 2.38. The summed E-state index contributed by atoms with van der Waals surface area (Å²) in [6.45, 7) is 6.87. The van der Waals surface area contributed by atoms with Crippen molar-refractivity contribution in [2.75, 3.05) is 18.4 Å². The molecule has 0 fully saturated rings. The minimum absolute atomic E-state index is 0.0192. The third-order valence-corrected chi connectivity index (χ3v) is 2.88. The van der Waals surface area contributed by atoms with Crippen LogP contribution in [-0.4, -0.2) is 23.9 Å². The Bertz CT molecular complexity index is 487. The molecular weight excluding hydrogens is 258 g/mol. The summed E-state index contributed by atoms with van der Waals surface area (Å²) in [7, 11) is 0. The Kier molecular flexibility index (Phi) is 5.96. The van der Waals surface area contributed by atoms with E-state index in [1.807, 2.05) is 13.8 Å². The van der Waals surface area contributed by atoms with Crippen molar-refractivity contribution in [3.63, 3.8) is 0 Å². The number of nitrogens with zero attached hydrogens (tertiary/aromatic N) is 1. The molecule has 1 rings (SSSR count). The molecule has 0 saturated heterocycles. The molecule has 0 spiro atoms. The second kappa shape index (κ2) is 7.47. The van der Waals surface area contributed by atoms with Crippen LogP contribution in [0.25, 0.3) is 0 Å². The molecule has 1 amide bonds. The SMILES string of the molecule is Cc1c(NCCC(=O)NCC(C)C)cccc1[N+](=O)[O-]. The summed E-state index contributed by atoms with van der Waals surface area (Å²) in [4.78, 5) is 22.0. The number of nitro groups is 1. The number of hydrogen-bond donors (Lipinski definition) is 2. The van der Waals surface area contributed by atoms with E-state index in [4.69, 9.17) is 0 Å². The van der Waals surface area contributed by atoms with E-state index in [1.165, 1.54) is 6.07 Å². The topological polar surface area (TPSA) is 84.3 Å². The van der Waals surface area contributed by atoms with Crippen molar-refractivity contribution in [1.29, 1.82) is 0 Å². The highest BCUT2D eigenvalue weighted by molar-refractivity contribution is 5.76. The van der Waals surface area contributed by atoms with Gasteiger partial charge in [0.05, 0.1) is 4.92 Å². The van der Waals surface area contributed by atoms with Gasteiger partial charge in [-0.1, -0.05) is 19.9 Å². The van der Waals surface area contributed by atoms with Gasteiger partial charge in [0.2, 0.25) is 5.91 Å². The van der Waals surface area contributed by atoms with Crippen LogP contribution in [0.15, 0.2) is 18.2 Å². The first-order valence-corrected chi connectivity index (χ1v) is 6.66. The fourth-order valence-corrected chi connectivity index (χ4v) is 1.73. The summed E-state index contributed by atoms with van der Waals surface area (Å²) >= 11 is 0. The molecule has 6 heteroatoms. The van der Waals surface area contributed by atoms with Crippen molar-refractivity contribution in [2.24, 2.45) is 5.92 Å². The molecule has 110 valence electrons. The molecule has 0 aliphatic rings. The zero-order chi connectivity index (χ0) is 15.1. The number of nitro benzene ring substituents is 1. The number of amides is 1. The highest BCUT2D eigenvalue weighted by Crippen LogP contribution is 2.24. The van der Waals surface area contributed by atoms with Crippen LogP contribution in [0, 0.1) is 23.0 Å². The van der Waals surface area contributed by atoms with E-state index in [1.54, 1.807) is 19.1 Å². The Morgan fingerprint density at radius 1 is 1.40 bits per heavy atom. The van der Waals surface area contributed by atoms with Gasteiger partial charge in [-0.15, -0.1) is 0 Å². The summed E-state index contributed by atoms with van der Waals surface area (Å²) in [5, 5.41) is 16.7. The van der Waals surface area contributed by atoms with Crippen molar-refractivity contribution in [3.8, 4) is 0 Å². The van der Waals surface area contributed by atoms with Gasteiger partial charge in [-0.2, -0.15) is 0 Å². The zero-order valence-electron chi connectivity index (χ0n) is 12.1. The smallest absolute Gasteiger partial charge is 0.274 e. The van der Waals surface area contributed by atoms with E-state index >= 15 is 0 Å². The van der Waals surface area contributed by atoms with E-state index in [9.17, 15) is 14.9 Å². The molecule has 1 aromatic rings. The number of carbonyl (C=O) groups excluding carboxylic acids is 1. The second-order valence-electron chi connectivity index (χ2n) is 5.08. The lowest BCUT2D eigenvalue weighted by Gasteiger charge is -2.10. The number of nitrogens with one attached hydrogen (secondary N) is 2. The number of anilines is 1. The molecule has 0 aromatic heterocycles. The highest BCUT2D eigenvalue weighted by atomic mass is 16.6. The van der Waals surface area contributed by atoms with Crippen molar-refractivity contribution in [1.82, 2.24) is 5.32 Å². The molecule has 0 aliphatic carbocycles. The molecular formula is C14H21N3O3. The van der Waals surface area contributed by atoms with Gasteiger partial charge in [-0.3, -0.25) is 14.9 Å². The molecule has 6 nitrogen and oxygen atoms in total. The van der Waals surface area contributed by atoms with Crippen LogP contribution >= 0.6 is 0 Å². The molecule has 0 unspecified atom stereocenters. The maximum absolute atomic E-state index is 11.5. The van der Waals surface area contributed by atoms with Gasteiger partial charge in [0.1, 0.15) is 0 Å². The van der Waals surface area contributed by atoms with Crippen LogP contribution in [0.1, 0.15) is 25.8 Å². The zero-order valence-corrected chi connectivity index (χ0v) is 12.1. The van der Waals surface area contributed by atoms with Gasteiger partial charge >= 0.3 is 0 Å². The average molecular weight is 279 g/mol. The van der Waals surface area contributed by atoms with Gasteiger partial charge in [0.25, 0.3) is 5.69 Å². The predicted molar refractivity (Wildman–Crippen MR) is 78.8 cm³/mol. The molecule has 0 aliphatic heterocycles. The Labute approximate surface area is 118 Å². The lowest BCUT2D eigenvalue weighted by Crippen LogP contribution is -2.28. The summed E-state index contributed by atoms with van der Waals surface area (Å²) < 4.78 is 0. The van der Waals surface area contributed by atoms with Gasteiger partial charge in [0, 0.05) is 36.8 Å². The monoisotopic (exact) mass is 279 g/mol. The van der Waals surface area contributed by atoms with Crippen LogP contribution in [0.3, 0.4) is 0 Å². The number of carbonyl (C=O) groups is 1. The molecule has 0 heterocycles. The molecule has 0 atom stereocenters. The summed E-state index contributed by atoms with van der Waals surface area (Å²) in [6, 6.07) is 4.87. The van der Waals surface area contributed by atoms with Crippen molar-refractivity contribution in [2.45, 2.75) is 27.2 Å². The van der Waals surface area contributed by atoms with Crippen LogP contribution in [0.5, 0.6) is 0 Å². The van der Waals surface area contributed by atoms with Crippen molar-refractivity contribution < 1.29 is 9.72 Å². The Morgan fingerprint density at radius 3 is 2.70 bits per heavy atom. The van der Waals surface area contributed by atoms with Crippen molar-refractivity contribution in [3.05, 3.63) is 33.9 Å². The first-order valence-electron chi connectivity index (χ1n) is 6.66. The van der Waals surface area contributed by atoms with Gasteiger partial charge < -0.3 is 10.6 Å². The van der Waals surface area contributed by atoms with E-state index in [0.717, 1.165) is 0 Å². The first kappa shape index (κ1) is 15.9. The van der Waals surface area contributed by atoms with Crippen LogP contribution < -0.4 is 10.6 Å². The predicted octanol–water partition coefficient (Wildman–Crippen LogP) is 2.48. The van der Waals surface area contributed by atoms with Crippen molar-refractivity contribution >= 4 is 17.3 Å². The largest absolute Gasteiger partial charge is 0.384 e. The number of benzene rings is 1. The molecule has 0 radical (unpaired) electrons. The van der Waals surface area contributed by atoms with E-state index < -0.39 is 4.92 Å². The van der Waals surface area contributed by atoms with Gasteiger partial charge in [0.15, 0.2) is 0 Å². The molecule has 0 bridgehead atoms. The number of hydrogen-bond acceptors (Lipinski definition) is 4. The fraction of sp³-hybridized carbons (Fsp3) is 0.500. The van der Waals surface area contributed by atoms with Crippen LogP contribution in [0.4, 0.5) is 11.4 Å². The third kappa shape index (κ3) is 4.87. The molecule has 1 aromatic carbocycles. The Hall–Kier alpha value is -2.11. The Morgan fingerprint density at radius 2 is 2.10 bits per heavy atom. The maximum atomic E-state index is 11.5. The molecule has 0 saturated carbocycles. The van der Waals surface area contributed by atoms with Crippen LogP contribution in [0.2, 0.25) is 0 Å². The van der Waals surface area contributed by atoms with E-state index in [-0.39, 0.29) is 11.6 Å². The second-order valence-corrected chi connectivity index (χ2v) is 5.08. The summed E-state index contributed by atoms with van der Waals surface area (Å²) in [5.41, 5.74) is 1.36. The molecule has 2 N–H and O–H groups in total. The fourth-order valence-electron chi connectivity index (χ4n) is 1.73. The maximum Gasteiger partial charge on any atom is 0.274 e. The quantitative estimate of drug-likeness (QED) is 0.593. The standard InChI is InChI=1S/C14H21N3O3/c1-10(2)9-16-14(18)7-8-15-12-5-4-6-13(11(12)3)17(19)20/h4-6,10,15H,7-9H2,1-3H3,(H,16,18). The van der Waals surface area contributed by atoms with Gasteiger partial charge in [-0.25, -0.2) is 0 Å². The van der Waals surface area contributed by atoms with E-state index in [2.05, 4.69) is 10.6 Å². The third-order valence-electron chi connectivity index (χ3n) is 2.88. The summed E-state index contributed by atoms with van der Waals surface area (Å²) in [6.07, 6.45) is 0.342. The lowest BCUT2D eigenvalue weighted by molar-refractivity contribution is -0.385. The Balaban J connectivity index is 2.48. The highest BCUT2D eigenvalue weighted by Gasteiger charge is 2.12. The number of rotatable bonds is 7. The normalized spacial score (nSPS) is 10.4. The first-order chi connectivity index (χ1) is 9.41. The van der Waals surface area contributed by atoms with Gasteiger partial charge in [-0.05, 0) is 18.9 Å². The van der Waals surface area contributed by atoms with E-state index in [0.29, 0.717) is 36.7 Å². The lowest BCUT2D eigenvalue weighted by atomic mass is 10.1. The minimum atomic E-state index is -0.407. The summed E-state index contributed by atoms with van der Waals surface area (Å²) in [5.74, 6) is 0.403.